The van der Waals surface area contributed by atoms with E-state index in [1.165, 1.54) is 12.1 Å². The first-order valence-corrected chi connectivity index (χ1v) is 6.56. The van der Waals surface area contributed by atoms with Crippen molar-refractivity contribution >= 4 is 5.69 Å². The molecule has 1 unspecified atom stereocenters. The SMILES string of the molecule is Cc1cc(-c2nc(C3CNCCO3)no2)cc([N+](=O)[O-])c1. The van der Waals surface area contributed by atoms with Crippen molar-refractivity contribution in [3.05, 3.63) is 39.7 Å². The van der Waals surface area contributed by atoms with E-state index in [1.54, 1.807) is 13.0 Å². The van der Waals surface area contributed by atoms with Gasteiger partial charge in [0.25, 0.3) is 11.6 Å². The summed E-state index contributed by atoms with van der Waals surface area (Å²) in [6.07, 6.45) is -0.254. The number of nitrogens with zero attached hydrogens (tertiary/aromatic N) is 3. The smallest absolute Gasteiger partial charge is 0.270 e. The Labute approximate surface area is 120 Å². The van der Waals surface area contributed by atoms with Crippen LogP contribution in [0.15, 0.2) is 22.7 Å². The lowest BCUT2D eigenvalue weighted by Gasteiger charge is -2.20. The summed E-state index contributed by atoms with van der Waals surface area (Å²) < 4.78 is 10.7. The third kappa shape index (κ3) is 2.91. The van der Waals surface area contributed by atoms with E-state index in [2.05, 4.69) is 15.5 Å². The van der Waals surface area contributed by atoms with Crippen molar-refractivity contribution in [2.75, 3.05) is 19.7 Å². The molecule has 110 valence electrons. The molecule has 1 aromatic heterocycles. The van der Waals surface area contributed by atoms with Gasteiger partial charge >= 0.3 is 0 Å². The minimum absolute atomic E-state index is 0.000308. The molecular formula is C13H14N4O4. The molecule has 1 aliphatic heterocycles. The topological polar surface area (TPSA) is 103 Å². The minimum Gasteiger partial charge on any atom is -0.367 e. The van der Waals surface area contributed by atoms with E-state index in [-0.39, 0.29) is 17.7 Å². The van der Waals surface area contributed by atoms with E-state index < -0.39 is 4.92 Å². The van der Waals surface area contributed by atoms with E-state index in [0.29, 0.717) is 24.5 Å². The number of rotatable bonds is 3. The Kier molecular flexibility index (Phi) is 3.63. The van der Waals surface area contributed by atoms with E-state index in [0.717, 1.165) is 12.1 Å². The molecule has 0 bridgehead atoms. The molecule has 8 heteroatoms. The highest BCUT2D eigenvalue weighted by Crippen LogP contribution is 2.26. The van der Waals surface area contributed by atoms with E-state index >= 15 is 0 Å². The maximum absolute atomic E-state index is 10.9. The normalized spacial score (nSPS) is 18.6. The molecule has 1 aliphatic rings. The highest BCUT2D eigenvalue weighted by atomic mass is 16.6. The summed E-state index contributed by atoms with van der Waals surface area (Å²) in [6, 6.07) is 4.68. The van der Waals surface area contributed by atoms with Crippen molar-refractivity contribution in [3.8, 4) is 11.5 Å². The van der Waals surface area contributed by atoms with Crippen LogP contribution in [0.5, 0.6) is 0 Å². The number of nitro benzene ring substituents is 1. The number of hydrogen-bond acceptors (Lipinski definition) is 7. The van der Waals surface area contributed by atoms with Gasteiger partial charge in [0, 0.05) is 30.8 Å². The number of aryl methyl sites for hydroxylation is 1. The van der Waals surface area contributed by atoms with Gasteiger partial charge in [-0.25, -0.2) is 0 Å². The third-order valence-corrected chi connectivity index (χ3v) is 3.18. The molecule has 8 nitrogen and oxygen atoms in total. The molecule has 2 heterocycles. The third-order valence-electron chi connectivity index (χ3n) is 3.18. The van der Waals surface area contributed by atoms with Gasteiger partial charge in [0.15, 0.2) is 0 Å². The second-order valence-corrected chi connectivity index (χ2v) is 4.84. The minimum atomic E-state index is -0.443. The number of hydrogen-bond donors (Lipinski definition) is 1. The molecular weight excluding hydrogens is 276 g/mol. The molecule has 0 spiro atoms. The number of ether oxygens (including phenoxy) is 1. The Morgan fingerprint density at radius 3 is 3.00 bits per heavy atom. The molecule has 1 atom stereocenters. The van der Waals surface area contributed by atoms with Gasteiger partial charge in [0.1, 0.15) is 6.10 Å². The summed E-state index contributed by atoms with van der Waals surface area (Å²) in [4.78, 5) is 14.7. The van der Waals surface area contributed by atoms with Crippen LogP contribution in [0.2, 0.25) is 0 Å². The summed E-state index contributed by atoms with van der Waals surface area (Å²) >= 11 is 0. The van der Waals surface area contributed by atoms with Crippen molar-refractivity contribution < 1.29 is 14.2 Å². The average Bonchev–Trinajstić information content (AvgIpc) is 2.97. The molecule has 1 fully saturated rings. The molecule has 1 saturated heterocycles. The van der Waals surface area contributed by atoms with E-state index in [1.807, 2.05) is 0 Å². The zero-order chi connectivity index (χ0) is 14.8. The number of nitro groups is 1. The molecule has 0 amide bonds. The summed E-state index contributed by atoms with van der Waals surface area (Å²) in [6.45, 7) is 3.78. The summed E-state index contributed by atoms with van der Waals surface area (Å²) in [5.74, 6) is 0.701. The largest absolute Gasteiger partial charge is 0.367 e. The van der Waals surface area contributed by atoms with Gasteiger partial charge in [-0.2, -0.15) is 4.98 Å². The standard InChI is InChI=1S/C13H14N4O4/c1-8-4-9(6-10(5-8)17(18)19)13-15-12(16-21-13)11-7-14-2-3-20-11/h4-6,11,14H,2-3,7H2,1H3. The maximum atomic E-state index is 10.9. The lowest BCUT2D eigenvalue weighted by atomic mass is 10.1. The van der Waals surface area contributed by atoms with Crippen LogP contribution in [0.25, 0.3) is 11.5 Å². The summed E-state index contributed by atoms with van der Waals surface area (Å²) in [7, 11) is 0. The van der Waals surface area contributed by atoms with Gasteiger partial charge in [0.05, 0.1) is 11.5 Å². The van der Waals surface area contributed by atoms with Gasteiger partial charge in [-0.1, -0.05) is 5.16 Å². The second kappa shape index (κ2) is 5.58. The van der Waals surface area contributed by atoms with Gasteiger partial charge in [-0.15, -0.1) is 0 Å². The highest BCUT2D eigenvalue weighted by molar-refractivity contribution is 5.59. The van der Waals surface area contributed by atoms with E-state index in [4.69, 9.17) is 9.26 Å². The van der Waals surface area contributed by atoms with Crippen LogP contribution in [0, 0.1) is 17.0 Å². The fraction of sp³-hybridized carbons (Fsp3) is 0.385. The summed E-state index contributed by atoms with van der Waals surface area (Å²) in [5.41, 5.74) is 1.29. The Morgan fingerprint density at radius 1 is 1.43 bits per heavy atom. The maximum Gasteiger partial charge on any atom is 0.270 e. The Hall–Kier alpha value is -2.32. The van der Waals surface area contributed by atoms with Gasteiger partial charge in [-0.3, -0.25) is 10.1 Å². The van der Waals surface area contributed by atoms with Crippen molar-refractivity contribution in [2.24, 2.45) is 0 Å². The van der Waals surface area contributed by atoms with Gasteiger partial charge in [-0.05, 0) is 18.6 Å². The molecule has 1 N–H and O–H groups in total. The lowest BCUT2D eigenvalue weighted by Crippen LogP contribution is -2.33. The molecule has 0 aliphatic carbocycles. The first-order chi connectivity index (χ1) is 10.1. The lowest BCUT2D eigenvalue weighted by molar-refractivity contribution is -0.384. The van der Waals surface area contributed by atoms with Crippen molar-refractivity contribution in [1.29, 1.82) is 0 Å². The number of aromatic nitrogens is 2. The number of nitrogens with one attached hydrogen (secondary N) is 1. The first kappa shape index (κ1) is 13.7. The zero-order valence-electron chi connectivity index (χ0n) is 11.4. The Balaban J connectivity index is 1.90. The quantitative estimate of drug-likeness (QED) is 0.676. The van der Waals surface area contributed by atoms with Gasteiger partial charge < -0.3 is 14.6 Å². The van der Waals surface area contributed by atoms with Crippen LogP contribution in [0.1, 0.15) is 17.5 Å². The van der Waals surface area contributed by atoms with Crippen LogP contribution in [-0.4, -0.2) is 34.8 Å². The molecule has 1 aromatic carbocycles. The molecule has 3 rings (SSSR count). The van der Waals surface area contributed by atoms with Crippen molar-refractivity contribution in [1.82, 2.24) is 15.5 Å². The average molecular weight is 290 g/mol. The predicted molar refractivity (Wildman–Crippen MR) is 72.7 cm³/mol. The van der Waals surface area contributed by atoms with Gasteiger partial charge in [0.2, 0.25) is 5.82 Å². The number of non-ortho nitro benzene ring substituents is 1. The Morgan fingerprint density at radius 2 is 2.29 bits per heavy atom. The van der Waals surface area contributed by atoms with E-state index in [9.17, 15) is 10.1 Å². The van der Waals surface area contributed by atoms with Crippen LogP contribution >= 0.6 is 0 Å². The fourth-order valence-corrected chi connectivity index (χ4v) is 2.21. The summed E-state index contributed by atoms with van der Waals surface area (Å²) in [5, 5.41) is 18.0. The molecule has 2 aromatic rings. The van der Waals surface area contributed by atoms with Crippen LogP contribution in [0.3, 0.4) is 0 Å². The van der Waals surface area contributed by atoms with Crippen LogP contribution < -0.4 is 5.32 Å². The number of morpholine rings is 1. The highest BCUT2D eigenvalue weighted by Gasteiger charge is 2.22. The molecule has 0 radical (unpaired) electrons. The monoisotopic (exact) mass is 290 g/mol. The second-order valence-electron chi connectivity index (χ2n) is 4.84. The van der Waals surface area contributed by atoms with Crippen LogP contribution in [-0.2, 0) is 4.74 Å². The molecule has 21 heavy (non-hydrogen) atoms. The molecule has 0 saturated carbocycles. The predicted octanol–water partition coefficient (Wildman–Crippen LogP) is 1.61. The Bertz CT molecular complexity index is 664. The zero-order valence-corrected chi connectivity index (χ0v) is 11.4. The number of benzene rings is 1. The van der Waals surface area contributed by atoms with Crippen LogP contribution in [0.4, 0.5) is 5.69 Å². The van der Waals surface area contributed by atoms with Crippen molar-refractivity contribution in [2.45, 2.75) is 13.0 Å². The fourth-order valence-electron chi connectivity index (χ4n) is 2.21. The van der Waals surface area contributed by atoms with Crippen molar-refractivity contribution in [3.63, 3.8) is 0 Å². The first-order valence-electron chi connectivity index (χ1n) is 6.56.